The third-order valence-electron chi connectivity index (χ3n) is 10.2. The number of carbonyl (C=O) groups excluding carboxylic acids is 2. The van der Waals surface area contributed by atoms with Crippen molar-refractivity contribution in [3.8, 4) is 0 Å². The molecule has 0 spiro atoms. The first-order chi connectivity index (χ1) is 29.6. The number of rotatable bonds is 26. The maximum Gasteiger partial charge on any atom is 0.407 e. The Morgan fingerprint density at radius 1 is 0.820 bits per heavy atom. The number of fused-ring (bicyclic) bond motifs is 1. The van der Waals surface area contributed by atoms with E-state index in [1.165, 1.54) is 16.4 Å². The van der Waals surface area contributed by atoms with Crippen LogP contribution in [0.3, 0.4) is 0 Å². The van der Waals surface area contributed by atoms with E-state index < -0.39 is 34.4 Å². The molecule has 2 fully saturated rings. The lowest BCUT2D eigenvalue weighted by Gasteiger charge is -2.31. The topological polar surface area (TPSA) is 144 Å². The van der Waals surface area contributed by atoms with Gasteiger partial charge in [0, 0.05) is 25.2 Å². The van der Waals surface area contributed by atoms with Crippen LogP contribution in [-0.4, -0.2) is 80.7 Å². The monoisotopic (exact) mass is 857 g/mol. The molecule has 5 atom stereocenters. The van der Waals surface area contributed by atoms with Gasteiger partial charge in [-0.15, -0.1) is 0 Å². The molecule has 4 rings (SSSR count). The molecule has 0 aliphatic carbocycles. The number of aliphatic hydroxyl groups is 1. The van der Waals surface area contributed by atoms with E-state index in [0.717, 1.165) is 50.5 Å². The Morgan fingerprint density at radius 3 is 2.00 bits per heavy atom. The molecule has 0 bridgehead atoms. The Hall–Kier alpha value is -4.59. The normalized spacial score (nSPS) is 19.4. The van der Waals surface area contributed by atoms with Crippen molar-refractivity contribution < 1.29 is 37.3 Å². The summed E-state index contributed by atoms with van der Waals surface area (Å²) in [7, 11) is -4.08. The van der Waals surface area contributed by atoms with E-state index in [0.29, 0.717) is 18.7 Å². The molecule has 0 aromatic heterocycles. The number of hydrogen-bond donors (Lipinski definition) is 3. The smallest absolute Gasteiger partial charge is 0.407 e. The number of benzene rings is 2. The van der Waals surface area contributed by atoms with Crippen LogP contribution in [0.1, 0.15) is 84.1 Å². The summed E-state index contributed by atoms with van der Waals surface area (Å²) in [6.07, 6.45) is 30.3. The van der Waals surface area contributed by atoms with E-state index in [2.05, 4.69) is 78.3 Å². The van der Waals surface area contributed by atoms with Gasteiger partial charge in [-0.05, 0) is 93.5 Å². The molecule has 3 N–H and O–H groups in total. The molecule has 2 aromatic carbocycles. The largest absolute Gasteiger partial charge is 0.443 e. The van der Waals surface area contributed by atoms with Crippen LogP contribution in [0.15, 0.2) is 132 Å². The van der Waals surface area contributed by atoms with Crippen LogP contribution in [0.4, 0.5) is 10.5 Å². The number of hydrogen-bond acceptors (Lipinski definition) is 8. The molecule has 0 saturated carbocycles. The van der Waals surface area contributed by atoms with Crippen molar-refractivity contribution in [1.29, 1.82) is 0 Å². The second-order valence-electron chi connectivity index (χ2n) is 15.7. The maximum absolute atomic E-state index is 14.0. The Bertz CT molecular complexity index is 1890. The average molecular weight is 858 g/mol. The highest BCUT2D eigenvalue weighted by atomic mass is 32.2. The van der Waals surface area contributed by atoms with E-state index >= 15 is 0 Å². The van der Waals surface area contributed by atoms with Gasteiger partial charge in [-0.2, -0.15) is 4.31 Å². The van der Waals surface area contributed by atoms with Gasteiger partial charge in [-0.3, -0.25) is 4.79 Å². The zero-order valence-electron chi connectivity index (χ0n) is 36.1. The molecule has 2 saturated heterocycles. The zero-order valence-corrected chi connectivity index (χ0v) is 37.0. The first kappa shape index (κ1) is 49.1. The summed E-state index contributed by atoms with van der Waals surface area (Å²) in [5.74, 6) is -0.286. The number of carbonyl (C=O) groups is 2. The fourth-order valence-electron chi connectivity index (χ4n) is 6.97. The maximum atomic E-state index is 14.0. The minimum atomic E-state index is -4.08. The number of alkyl carbamates (subject to hydrolysis) is 1. The highest BCUT2D eigenvalue weighted by Gasteiger charge is 2.44. The van der Waals surface area contributed by atoms with Gasteiger partial charge in [-0.25, -0.2) is 13.2 Å². The lowest BCUT2D eigenvalue weighted by atomic mass is 10.0. The molecule has 2 aliphatic heterocycles. The Balaban J connectivity index is 1.22. The van der Waals surface area contributed by atoms with Crippen LogP contribution >= 0.6 is 0 Å². The van der Waals surface area contributed by atoms with Gasteiger partial charge >= 0.3 is 6.09 Å². The number of amides is 2. The molecule has 2 aliphatic rings. The fraction of sp³-hybridized carbons (Fsp3) is 0.469. The number of nitrogens with zero attached hydrogens (tertiary/aromatic N) is 1. The zero-order chi connectivity index (χ0) is 43.7. The minimum absolute atomic E-state index is 0.0258. The van der Waals surface area contributed by atoms with Crippen LogP contribution in [0.2, 0.25) is 0 Å². The van der Waals surface area contributed by atoms with Gasteiger partial charge in [0.25, 0.3) is 0 Å². The summed E-state index contributed by atoms with van der Waals surface area (Å²) in [5.41, 5.74) is 1.34. The number of aliphatic hydroxyl groups excluding tert-OH is 1. The first-order valence-corrected chi connectivity index (χ1v) is 23.2. The second-order valence-corrected chi connectivity index (χ2v) is 17.7. The number of ether oxygens (including phenoxy) is 3. The van der Waals surface area contributed by atoms with Crippen LogP contribution in [0.5, 0.6) is 0 Å². The summed E-state index contributed by atoms with van der Waals surface area (Å²) in [6, 6.07) is 14.5. The predicted molar refractivity (Wildman–Crippen MR) is 243 cm³/mol. The van der Waals surface area contributed by atoms with Crippen LogP contribution in [0.25, 0.3) is 0 Å². The number of nitrogens with one attached hydrogen (secondary N) is 2. The van der Waals surface area contributed by atoms with Crippen molar-refractivity contribution >= 4 is 27.7 Å². The summed E-state index contributed by atoms with van der Waals surface area (Å²) in [4.78, 5) is 25.9. The Morgan fingerprint density at radius 2 is 1.41 bits per heavy atom. The molecule has 2 amide bonds. The molecule has 2 heterocycles. The Labute approximate surface area is 364 Å². The molecular formula is C49H67N3O8S. The van der Waals surface area contributed by atoms with Crippen LogP contribution in [-0.2, 0) is 35.4 Å². The van der Waals surface area contributed by atoms with E-state index in [1.54, 1.807) is 12.1 Å². The summed E-state index contributed by atoms with van der Waals surface area (Å²) >= 11 is 0. The number of anilines is 1. The molecular weight excluding hydrogens is 791 g/mol. The van der Waals surface area contributed by atoms with Crippen molar-refractivity contribution in [1.82, 2.24) is 9.62 Å². The van der Waals surface area contributed by atoms with Crippen molar-refractivity contribution in [2.45, 2.75) is 114 Å². The van der Waals surface area contributed by atoms with Crippen molar-refractivity contribution in [2.24, 2.45) is 11.8 Å². The molecule has 61 heavy (non-hydrogen) atoms. The highest BCUT2D eigenvalue weighted by Crippen LogP contribution is 2.33. The van der Waals surface area contributed by atoms with Crippen LogP contribution in [0, 0.1) is 11.8 Å². The third kappa shape index (κ3) is 18.1. The summed E-state index contributed by atoms with van der Waals surface area (Å²) in [6.45, 7) is 6.56. The molecule has 0 radical (unpaired) electrons. The fourth-order valence-corrected chi connectivity index (χ4v) is 8.59. The van der Waals surface area contributed by atoms with Crippen molar-refractivity contribution in [3.05, 3.63) is 133 Å². The van der Waals surface area contributed by atoms with Gasteiger partial charge in [0.05, 0.1) is 36.2 Å². The van der Waals surface area contributed by atoms with Gasteiger partial charge in [-0.1, -0.05) is 124 Å². The summed E-state index contributed by atoms with van der Waals surface area (Å²) in [5, 5.41) is 17.3. The van der Waals surface area contributed by atoms with E-state index in [-0.39, 0.29) is 61.5 Å². The van der Waals surface area contributed by atoms with Crippen LogP contribution < -0.4 is 10.6 Å². The van der Waals surface area contributed by atoms with Gasteiger partial charge in [0.15, 0.2) is 6.29 Å². The van der Waals surface area contributed by atoms with Crippen molar-refractivity contribution in [3.63, 3.8) is 0 Å². The third-order valence-corrected chi connectivity index (χ3v) is 12.0. The lowest BCUT2D eigenvalue weighted by molar-refractivity contribution is -0.116. The number of sulfonamides is 1. The van der Waals surface area contributed by atoms with Crippen molar-refractivity contribution in [2.75, 3.05) is 31.6 Å². The highest BCUT2D eigenvalue weighted by molar-refractivity contribution is 7.89. The van der Waals surface area contributed by atoms with E-state index in [1.807, 2.05) is 56.3 Å². The SMILES string of the molecule is CC/C=C\C/C=C\C/C=C\C/C=C\C/C=C\C/C=C\CCC(=O)Nc1ccc(S(=O)(=O)N(CC(C)C)CC(O)[C@H](Cc2ccccc2)NC(=O)O[C@H]2CO[C@H]3OCCC32)cc1. The molecule has 2 aromatic rings. The molecule has 11 nitrogen and oxygen atoms in total. The quantitative estimate of drug-likeness (QED) is 0.0796. The van der Waals surface area contributed by atoms with E-state index in [4.69, 9.17) is 14.2 Å². The lowest BCUT2D eigenvalue weighted by Crippen LogP contribution is -2.51. The molecule has 12 heteroatoms. The second kappa shape index (κ2) is 27.4. The van der Waals surface area contributed by atoms with Gasteiger partial charge in [0.2, 0.25) is 15.9 Å². The Kier molecular flexibility index (Phi) is 22.0. The predicted octanol–water partition coefficient (Wildman–Crippen LogP) is 9.21. The minimum Gasteiger partial charge on any atom is -0.443 e. The van der Waals surface area contributed by atoms with Gasteiger partial charge in [0.1, 0.15) is 6.10 Å². The van der Waals surface area contributed by atoms with E-state index in [9.17, 15) is 23.1 Å². The molecule has 332 valence electrons. The summed E-state index contributed by atoms with van der Waals surface area (Å²) < 4.78 is 46.2. The molecule has 2 unspecified atom stereocenters. The first-order valence-electron chi connectivity index (χ1n) is 21.8. The average Bonchev–Trinajstić information content (AvgIpc) is 3.87. The number of allylic oxidation sites excluding steroid dienone is 12. The van der Waals surface area contributed by atoms with Gasteiger partial charge < -0.3 is 30.0 Å². The standard InChI is InChI=1S/C49H67N3O8S/c1-4-5-6-7-8-9-10-11-12-13-14-15-16-17-18-19-20-21-25-28-47(54)50-41-29-31-42(32-30-41)61(56,57)52(36-39(2)3)37-45(53)44(35-40-26-23-22-24-27-40)51-49(55)60-46-38-59-48-43(46)33-34-58-48/h5-6,8-9,11-12,14-15,17-18,20-24,26-27,29-32,39,43-46,48,53H,4,7,10,13,16,19,25,28,33-38H2,1-3H3,(H,50,54)(H,51,55)/b6-5-,9-8-,12-11-,15-14-,18-17-,21-20-/t43?,44-,45?,46-,48+/m0/s1.